The molecule has 0 spiro atoms. The molecule has 0 heterocycles. The zero-order valence-corrected chi connectivity index (χ0v) is 8.75. The van der Waals surface area contributed by atoms with Gasteiger partial charge in [0.2, 0.25) is 0 Å². The van der Waals surface area contributed by atoms with E-state index < -0.39 is 44.4 Å². The van der Waals surface area contributed by atoms with Crippen LogP contribution in [0.25, 0.3) is 0 Å². The molecule has 0 aromatic carbocycles. The van der Waals surface area contributed by atoms with Gasteiger partial charge in [-0.15, -0.1) is 0 Å². The standard InChI is InChI=1S/C6H13O9P/c7-1-2(8)4(10)6(5(11)3(1)9)15-16(12,13)14/h1-11H,(H2,12,13,14)/t1?,2-,3-,4+,5+,6?/m1/s1. The molecule has 1 fully saturated rings. The van der Waals surface area contributed by atoms with Crippen LogP contribution in [-0.2, 0) is 9.09 Å². The summed E-state index contributed by atoms with van der Waals surface area (Å²) in [6.45, 7) is 0. The van der Waals surface area contributed by atoms with Crippen molar-refractivity contribution in [3.05, 3.63) is 0 Å². The van der Waals surface area contributed by atoms with Gasteiger partial charge in [-0.3, -0.25) is 4.52 Å². The SMILES string of the molecule is O=P(O)(O)OC1[C@@H](O)[C@H](O)C(O)[C@@H](O)[C@@H]1O. The summed E-state index contributed by atoms with van der Waals surface area (Å²) in [5.41, 5.74) is 0. The molecular formula is C6H13O9P. The van der Waals surface area contributed by atoms with Gasteiger partial charge in [-0.2, -0.15) is 0 Å². The first-order valence-electron chi connectivity index (χ1n) is 4.29. The van der Waals surface area contributed by atoms with Crippen LogP contribution in [0.4, 0.5) is 0 Å². The molecular weight excluding hydrogens is 247 g/mol. The molecule has 0 radical (unpaired) electrons. The van der Waals surface area contributed by atoms with E-state index in [-0.39, 0.29) is 0 Å². The van der Waals surface area contributed by atoms with Crippen LogP contribution in [0.2, 0.25) is 0 Å². The molecule has 7 N–H and O–H groups in total. The summed E-state index contributed by atoms with van der Waals surface area (Å²) < 4.78 is 14.5. The van der Waals surface area contributed by atoms with Crippen LogP contribution >= 0.6 is 7.82 Å². The number of rotatable bonds is 2. The number of hydrogen-bond donors (Lipinski definition) is 7. The summed E-state index contributed by atoms with van der Waals surface area (Å²) in [6.07, 6.45) is -11.3. The van der Waals surface area contributed by atoms with Crippen molar-refractivity contribution in [3.63, 3.8) is 0 Å². The van der Waals surface area contributed by atoms with Gasteiger partial charge < -0.3 is 35.3 Å². The molecule has 1 rings (SSSR count). The lowest BCUT2D eigenvalue weighted by atomic mass is 9.85. The smallest absolute Gasteiger partial charge is 0.387 e. The highest BCUT2D eigenvalue weighted by molar-refractivity contribution is 7.46. The van der Waals surface area contributed by atoms with E-state index in [1.807, 2.05) is 0 Å². The third-order valence-electron chi connectivity index (χ3n) is 2.33. The lowest BCUT2D eigenvalue weighted by Crippen LogP contribution is -2.64. The molecule has 0 aromatic heterocycles. The molecule has 0 bridgehead atoms. The molecule has 96 valence electrons. The topological polar surface area (TPSA) is 168 Å². The number of phosphoric acid groups is 1. The minimum atomic E-state index is -5.01. The lowest BCUT2D eigenvalue weighted by Gasteiger charge is -2.41. The second-order valence-corrected chi connectivity index (χ2v) is 4.71. The molecule has 4 atom stereocenters. The van der Waals surface area contributed by atoms with Gasteiger partial charge in [-0.1, -0.05) is 0 Å². The van der Waals surface area contributed by atoms with Crippen LogP contribution in [0.5, 0.6) is 0 Å². The summed E-state index contributed by atoms with van der Waals surface area (Å²) in [5.74, 6) is 0. The first-order valence-corrected chi connectivity index (χ1v) is 5.82. The Morgan fingerprint density at radius 1 is 0.750 bits per heavy atom. The first kappa shape index (κ1) is 14.0. The van der Waals surface area contributed by atoms with Gasteiger partial charge in [0, 0.05) is 0 Å². The quantitative estimate of drug-likeness (QED) is 0.247. The van der Waals surface area contributed by atoms with E-state index >= 15 is 0 Å². The van der Waals surface area contributed by atoms with E-state index in [1.54, 1.807) is 0 Å². The van der Waals surface area contributed by atoms with Crippen LogP contribution in [0, 0.1) is 0 Å². The van der Waals surface area contributed by atoms with Gasteiger partial charge in [0.05, 0.1) is 0 Å². The van der Waals surface area contributed by atoms with Crippen molar-refractivity contribution in [3.8, 4) is 0 Å². The fraction of sp³-hybridized carbons (Fsp3) is 1.00. The van der Waals surface area contributed by atoms with Crippen LogP contribution in [0.3, 0.4) is 0 Å². The van der Waals surface area contributed by atoms with E-state index in [1.165, 1.54) is 0 Å². The Hall–Kier alpha value is -0.0900. The lowest BCUT2D eigenvalue weighted by molar-refractivity contribution is -0.219. The van der Waals surface area contributed by atoms with Gasteiger partial charge in [0.1, 0.15) is 36.6 Å². The van der Waals surface area contributed by atoms with Gasteiger partial charge >= 0.3 is 7.82 Å². The molecule has 1 aliphatic rings. The highest BCUT2D eigenvalue weighted by Gasteiger charge is 2.50. The van der Waals surface area contributed by atoms with Crippen LogP contribution in [-0.4, -0.2) is 71.9 Å². The predicted molar refractivity (Wildman–Crippen MR) is 47.0 cm³/mol. The third-order valence-corrected chi connectivity index (χ3v) is 2.85. The Morgan fingerprint density at radius 3 is 1.38 bits per heavy atom. The van der Waals surface area contributed by atoms with Crippen molar-refractivity contribution >= 4 is 7.82 Å². The Kier molecular flexibility index (Phi) is 4.06. The third kappa shape index (κ3) is 2.77. The zero-order chi connectivity index (χ0) is 12.7. The van der Waals surface area contributed by atoms with E-state index in [9.17, 15) is 25.0 Å². The van der Waals surface area contributed by atoms with Crippen molar-refractivity contribution in [1.82, 2.24) is 0 Å². The number of aliphatic hydroxyl groups excluding tert-OH is 5. The molecule has 0 amide bonds. The minimum absolute atomic E-state index is 1.83. The molecule has 9 nitrogen and oxygen atoms in total. The Bertz CT molecular complexity index is 274. The van der Waals surface area contributed by atoms with Crippen molar-refractivity contribution in [1.29, 1.82) is 0 Å². The maximum Gasteiger partial charge on any atom is 0.470 e. The molecule has 0 unspecified atom stereocenters. The minimum Gasteiger partial charge on any atom is -0.387 e. The van der Waals surface area contributed by atoms with Gasteiger partial charge in [0.25, 0.3) is 0 Å². The molecule has 1 saturated carbocycles. The summed E-state index contributed by atoms with van der Waals surface area (Å²) in [4.78, 5) is 17.0. The maximum atomic E-state index is 10.5. The summed E-state index contributed by atoms with van der Waals surface area (Å²) >= 11 is 0. The van der Waals surface area contributed by atoms with Gasteiger partial charge in [0.15, 0.2) is 0 Å². The second-order valence-electron chi connectivity index (χ2n) is 3.51. The Morgan fingerprint density at radius 2 is 1.06 bits per heavy atom. The Balaban J connectivity index is 2.87. The molecule has 16 heavy (non-hydrogen) atoms. The van der Waals surface area contributed by atoms with Crippen LogP contribution < -0.4 is 0 Å². The average molecular weight is 260 g/mol. The number of phosphoric ester groups is 1. The van der Waals surface area contributed by atoms with Crippen molar-refractivity contribution in [2.45, 2.75) is 36.6 Å². The highest BCUT2D eigenvalue weighted by Crippen LogP contribution is 2.41. The summed E-state index contributed by atoms with van der Waals surface area (Å²) in [5, 5.41) is 46.1. The van der Waals surface area contributed by atoms with Crippen molar-refractivity contribution < 1.29 is 44.4 Å². The highest BCUT2D eigenvalue weighted by atomic mass is 31.2. The average Bonchev–Trinajstić information content (AvgIpc) is 2.17. The monoisotopic (exact) mass is 260 g/mol. The fourth-order valence-corrected chi connectivity index (χ4v) is 2.05. The summed E-state index contributed by atoms with van der Waals surface area (Å²) in [7, 11) is -5.01. The van der Waals surface area contributed by atoms with Crippen molar-refractivity contribution in [2.24, 2.45) is 0 Å². The molecule has 1 aliphatic carbocycles. The van der Waals surface area contributed by atoms with E-state index in [0.717, 1.165) is 0 Å². The zero-order valence-electron chi connectivity index (χ0n) is 7.86. The fourth-order valence-electron chi connectivity index (χ4n) is 1.48. The molecule has 0 aliphatic heterocycles. The number of hydrogen-bond acceptors (Lipinski definition) is 7. The van der Waals surface area contributed by atoms with Crippen LogP contribution in [0.1, 0.15) is 0 Å². The summed E-state index contributed by atoms with van der Waals surface area (Å²) in [6, 6.07) is 0. The van der Waals surface area contributed by atoms with E-state index in [4.69, 9.17) is 14.9 Å². The van der Waals surface area contributed by atoms with Crippen molar-refractivity contribution in [2.75, 3.05) is 0 Å². The molecule has 10 heteroatoms. The molecule has 0 saturated heterocycles. The van der Waals surface area contributed by atoms with Crippen LogP contribution in [0.15, 0.2) is 0 Å². The Labute approximate surface area is 89.8 Å². The normalized spacial score (nSPS) is 45.7. The largest absolute Gasteiger partial charge is 0.470 e. The van der Waals surface area contributed by atoms with E-state index in [2.05, 4.69) is 4.52 Å². The van der Waals surface area contributed by atoms with E-state index in [0.29, 0.717) is 0 Å². The number of aliphatic hydroxyl groups is 5. The predicted octanol–water partition coefficient (Wildman–Crippen LogP) is -3.72. The first-order chi connectivity index (χ1) is 7.15. The maximum absolute atomic E-state index is 10.5. The van der Waals surface area contributed by atoms with Gasteiger partial charge in [-0.05, 0) is 0 Å². The second kappa shape index (κ2) is 4.65. The van der Waals surface area contributed by atoms with Gasteiger partial charge in [-0.25, -0.2) is 4.57 Å². The molecule has 0 aromatic rings.